The van der Waals surface area contributed by atoms with Gasteiger partial charge in [0.15, 0.2) is 0 Å². The van der Waals surface area contributed by atoms with Crippen molar-refractivity contribution in [3.63, 3.8) is 0 Å². The van der Waals surface area contributed by atoms with Crippen molar-refractivity contribution in [1.82, 2.24) is 0 Å². The Morgan fingerprint density at radius 1 is 1.47 bits per heavy atom. The van der Waals surface area contributed by atoms with Crippen LogP contribution >= 0.6 is 0 Å². The van der Waals surface area contributed by atoms with E-state index in [0.717, 1.165) is 12.8 Å². The third-order valence-electron chi connectivity index (χ3n) is 5.07. The molecule has 0 aromatic rings. The normalized spacial score (nSPS) is 42.2. The molecule has 3 atom stereocenters. The van der Waals surface area contributed by atoms with Gasteiger partial charge in [-0.15, -0.1) is 0 Å². The molecule has 0 aromatic heterocycles. The largest absolute Gasteiger partial charge is 0.481 e. The molecule has 0 aromatic carbocycles. The molecular formula is C12H18O3. The Labute approximate surface area is 89.9 Å². The number of carboxylic acids is 1. The third-order valence-corrected chi connectivity index (χ3v) is 5.07. The highest BCUT2D eigenvalue weighted by Crippen LogP contribution is 2.66. The molecule has 0 saturated heterocycles. The summed E-state index contributed by atoms with van der Waals surface area (Å²) in [7, 11) is 0. The van der Waals surface area contributed by atoms with Gasteiger partial charge in [-0.05, 0) is 24.2 Å². The van der Waals surface area contributed by atoms with Gasteiger partial charge in [0.1, 0.15) is 5.78 Å². The van der Waals surface area contributed by atoms with Crippen LogP contribution < -0.4 is 0 Å². The van der Waals surface area contributed by atoms with E-state index in [-0.39, 0.29) is 34.9 Å². The summed E-state index contributed by atoms with van der Waals surface area (Å²) in [5, 5.41) is 8.82. The predicted octanol–water partition coefficient (Wildman–Crippen LogP) is 2.10. The minimum absolute atomic E-state index is 0.0164. The Balaban J connectivity index is 2.34. The van der Waals surface area contributed by atoms with Crippen LogP contribution in [0.2, 0.25) is 0 Å². The number of aliphatic carboxylic acids is 1. The Hall–Kier alpha value is -0.860. The maximum atomic E-state index is 12.2. The fraction of sp³-hybridized carbons (Fsp3) is 0.833. The van der Waals surface area contributed by atoms with Crippen molar-refractivity contribution < 1.29 is 14.7 Å². The number of hydrogen-bond donors (Lipinski definition) is 1. The van der Waals surface area contributed by atoms with Crippen LogP contribution in [0.4, 0.5) is 0 Å². The molecular weight excluding hydrogens is 192 g/mol. The highest BCUT2D eigenvalue weighted by Gasteiger charge is 2.66. The lowest BCUT2D eigenvalue weighted by atomic mass is 9.70. The van der Waals surface area contributed by atoms with Crippen molar-refractivity contribution >= 4 is 11.8 Å². The summed E-state index contributed by atoms with van der Waals surface area (Å²) in [5.41, 5.74) is -0.304. The van der Waals surface area contributed by atoms with Crippen LogP contribution in [0.5, 0.6) is 0 Å². The maximum absolute atomic E-state index is 12.2. The zero-order valence-corrected chi connectivity index (χ0v) is 9.54. The van der Waals surface area contributed by atoms with E-state index in [0.29, 0.717) is 0 Å². The van der Waals surface area contributed by atoms with E-state index in [2.05, 4.69) is 13.8 Å². The number of ketones is 1. The molecule has 3 nitrogen and oxygen atoms in total. The first-order valence-electron chi connectivity index (χ1n) is 5.57. The van der Waals surface area contributed by atoms with Crippen LogP contribution in [0.25, 0.3) is 0 Å². The standard InChI is InChI=1S/C12H18O3/c1-11(2)8-4-5-12(11,3)10(15)7(8)6-9(13)14/h7-8H,4-6H2,1-3H3,(H,13,14)/t7-,8+,12-/m0/s1. The number of carboxylic acid groups (broad SMARTS) is 1. The maximum Gasteiger partial charge on any atom is 0.304 e. The zero-order chi connectivity index (χ0) is 11.4. The second-order valence-corrected chi connectivity index (χ2v) is 5.77. The second kappa shape index (κ2) is 2.83. The molecule has 84 valence electrons. The van der Waals surface area contributed by atoms with Gasteiger partial charge in [0, 0.05) is 11.3 Å². The fourth-order valence-corrected chi connectivity index (χ4v) is 3.70. The van der Waals surface area contributed by atoms with Crippen molar-refractivity contribution in [3.05, 3.63) is 0 Å². The molecule has 1 N–H and O–H groups in total. The first-order valence-corrected chi connectivity index (χ1v) is 5.57. The van der Waals surface area contributed by atoms with Gasteiger partial charge in [0.25, 0.3) is 0 Å². The minimum atomic E-state index is -0.847. The van der Waals surface area contributed by atoms with Crippen LogP contribution in [0.1, 0.15) is 40.0 Å². The SMILES string of the molecule is CC1(C)[C@@H]2CC[C@@]1(C)C(=O)[C@H]2CC(=O)O. The van der Waals surface area contributed by atoms with Crippen LogP contribution in [-0.2, 0) is 9.59 Å². The van der Waals surface area contributed by atoms with Crippen molar-refractivity contribution in [1.29, 1.82) is 0 Å². The molecule has 0 heterocycles. The van der Waals surface area contributed by atoms with Crippen molar-refractivity contribution in [3.8, 4) is 0 Å². The minimum Gasteiger partial charge on any atom is -0.481 e. The van der Waals surface area contributed by atoms with Gasteiger partial charge in [-0.25, -0.2) is 0 Å². The summed E-state index contributed by atoms with van der Waals surface area (Å²) < 4.78 is 0. The summed E-state index contributed by atoms with van der Waals surface area (Å²) in [6.07, 6.45) is 1.95. The molecule has 0 radical (unpaired) electrons. The molecule has 2 fully saturated rings. The smallest absolute Gasteiger partial charge is 0.304 e. The first-order chi connectivity index (χ1) is 6.80. The molecule has 15 heavy (non-hydrogen) atoms. The van der Waals surface area contributed by atoms with E-state index in [1.807, 2.05) is 6.92 Å². The van der Waals surface area contributed by atoms with Gasteiger partial charge >= 0.3 is 5.97 Å². The number of Topliss-reactive ketones (excluding diaryl/α,β-unsaturated/α-hetero) is 1. The van der Waals surface area contributed by atoms with Gasteiger partial charge in [0.2, 0.25) is 0 Å². The monoisotopic (exact) mass is 210 g/mol. The van der Waals surface area contributed by atoms with Crippen LogP contribution in [0.15, 0.2) is 0 Å². The van der Waals surface area contributed by atoms with Crippen molar-refractivity contribution in [2.45, 2.75) is 40.0 Å². The van der Waals surface area contributed by atoms with Gasteiger partial charge < -0.3 is 5.11 Å². The lowest BCUT2D eigenvalue weighted by Crippen LogP contribution is -2.33. The number of fused-ring (bicyclic) bond motifs is 2. The highest BCUT2D eigenvalue weighted by atomic mass is 16.4. The van der Waals surface area contributed by atoms with E-state index in [1.54, 1.807) is 0 Å². The van der Waals surface area contributed by atoms with Gasteiger partial charge in [-0.1, -0.05) is 20.8 Å². The fourth-order valence-electron chi connectivity index (χ4n) is 3.70. The second-order valence-electron chi connectivity index (χ2n) is 5.77. The lowest BCUT2D eigenvalue weighted by molar-refractivity contribution is -0.142. The molecule has 2 aliphatic carbocycles. The Kier molecular flexibility index (Phi) is 2.01. The molecule has 2 rings (SSSR count). The topological polar surface area (TPSA) is 54.4 Å². The molecule has 0 amide bonds. The predicted molar refractivity (Wildman–Crippen MR) is 55.4 cm³/mol. The summed E-state index contributed by atoms with van der Waals surface area (Å²) in [4.78, 5) is 22.9. The van der Waals surface area contributed by atoms with Gasteiger partial charge in [-0.3, -0.25) is 9.59 Å². The average molecular weight is 210 g/mol. The Morgan fingerprint density at radius 3 is 2.47 bits per heavy atom. The average Bonchev–Trinajstić information content (AvgIpc) is 2.40. The van der Waals surface area contributed by atoms with Crippen molar-refractivity contribution in [2.75, 3.05) is 0 Å². The summed E-state index contributed by atoms with van der Waals surface area (Å²) in [6.45, 7) is 6.24. The van der Waals surface area contributed by atoms with E-state index >= 15 is 0 Å². The summed E-state index contributed by atoms with van der Waals surface area (Å²) >= 11 is 0. The number of carbonyl (C=O) groups excluding carboxylic acids is 1. The van der Waals surface area contributed by atoms with Crippen LogP contribution in [-0.4, -0.2) is 16.9 Å². The molecule has 2 bridgehead atoms. The van der Waals surface area contributed by atoms with E-state index in [9.17, 15) is 9.59 Å². The molecule has 3 heteroatoms. The van der Waals surface area contributed by atoms with Crippen molar-refractivity contribution in [2.24, 2.45) is 22.7 Å². The molecule has 0 spiro atoms. The molecule has 0 aliphatic heterocycles. The van der Waals surface area contributed by atoms with Gasteiger partial charge in [0.05, 0.1) is 6.42 Å². The third kappa shape index (κ3) is 1.12. The quantitative estimate of drug-likeness (QED) is 0.759. The summed E-state index contributed by atoms with van der Waals surface area (Å²) in [6, 6.07) is 0. The molecule has 0 unspecified atom stereocenters. The Morgan fingerprint density at radius 2 is 2.07 bits per heavy atom. The highest BCUT2D eigenvalue weighted by molar-refractivity contribution is 5.93. The summed E-state index contributed by atoms with van der Waals surface area (Å²) in [5.74, 6) is -0.631. The molecule has 2 saturated carbocycles. The van der Waals surface area contributed by atoms with E-state index in [1.165, 1.54) is 0 Å². The van der Waals surface area contributed by atoms with Gasteiger partial charge in [-0.2, -0.15) is 0 Å². The molecule has 2 aliphatic rings. The first kappa shape index (κ1) is 10.7. The van der Waals surface area contributed by atoms with Crippen LogP contribution in [0.3, 0.4) is 0 Å². The lowest BCUT2D eigenvalue weighted by Gasteiger charge is -2.32. The van der Waals surface area contributed by atoms with E-state index < -0.39 is 5.97 Å². The van der Waals surface area contributed by atoms with Crippen LogP contribution in [0, 0.1) is 22.7 Å². The number of hydrogen-bond acceptors (Lipinski definition) is 2. The van der Waals surface area contributed by atoms with E-state index in [4.69, 9.17) is 5.11 Å². The zero-order valence-electron chi connectivity index (χ0n) is 9.54. The number of rotatable bonds is 2. The Bertz CT molecular complexity index is 332. The number of carbonyl (C=O) groups is 2.